The summed E-state index contributed by atoms with van der Waals surface area (Å²) in [6.45, 7) is 15.8. The van der Waals surface area contributed by atoms with Crippen molar-refractivity contribution < 1.29 is 18.8 Å². The second-order valence-electron chi connectivity index (χ2n) is 11.2. The van der Waals surface area contributed by atoms with E-state index in [9.17, 15) is 9.59 Å². The van der Waals surface area contributed by atoms with Crippen LogP contribution in [0.1, 0.15) is 52.9 Å². The number of hydrazine groups is 1. The van der Waals surface area contributed by atoms with E-state index in [1.54, 1.807) is 6.07 Å². The molecule has 2 heterocycles. The summed E-state index contributed by atoms with van der Waals surface area (Å²) in [6, 6.07) is 12.4. The van der Waals surface area contributed by atoms with Gasteiger partial charge in [-0.1, -0.05) is 62.4 Å². The molecule has 0 N–H and O–H groups in total. The van der Waals surface area contributed by atoms with Gasteiger partial charge in [0.2, 0.25) is 0 Å². The zero-order chi connectivity index (χ0) is 27.2. The van der Waals surface area contributed by atoms with Crippen molar-refractivity contribution in [1.29, 1.82) is 0 Å². The van der Waals surface area contributed by atoms with Crippen LogP contribution in [0.3, 0.4) is 0 Å². The topological polar surface area (TPSA) is 59.1 Å². The van der Waals surface area contributed by atoms with Gasteiger partial charge in [0.25, 0.3) is 5.24 Å². The van der Waals surface area contributed by atoms with Gasteiger partial charge in [0, 0.05) is 36.7 Å². The zero-order valence-corrected chi connectivity index (χ0v) is 26.0. The predicted molar refractivity (Wildman–Crippen MR) is 157 cm³/mol. The molecule has 1 aliphatic heterocycles. The molecule has 9 heteroatoms. The Hall–Kier alpha value is -1.65. The molecule has 1 aromatic heterocycles. The van der Waals surface area contributed by atoms with Crippen molar-refractivity contribution in [3.8, 4) is 0 Å². The van der Waals surface area contributed by atoms with Crippen LogP contribution < -0.4 is 0 Å². The lowest BCUT2D eigenvalue weighted by Crippen LogP contribution is -2.51. The highest BCUT2D eigenvalue weighted by atomic mass is 32.2. The molecule has 0 radical (unpaired) electrons. The average Bonchev–Trinajstić information content (AvgIpc) is 3.29. The molecule has 1 fully saturated rings. The Balaban J connectivity index is 1.69. The van der Waals surface area contributed by atoms with Crippen molar-refractivity contribution in [2.45, 2.75) is 71.2 Å². The third kappa shape index (κ3) is 8.42. The van der Waals surface area contributed by atoms with Crippen LogP contribution >= 0.6 is 23.1 Å². The van der Waals surface area contributed by atoms with Crippen molar-refractivity contribution in [3.05, 3.63) is 57.3 Å². The van der Waals surface area contributed by atoms with E-state index in [1.165, 1.54) is 41.3 Å². The lowest BCUT2D eigenvalue weighted by Gasteiger charge is -2.41. The minimum absolute atomic E-state index is 0.0918. The fraction of sp³-hybridized carbons (Fsp3) is 0.571. The smallest absolute Gasteiger partial charge is 0.348 e. The van der Waals surface area contributed by atoms with Crippen LogP contribution in [0.4, 0.5) is 4.79 Å². The van der Waals surface area contributed by atoms with E-state index < -0.39 is 8.32 Å². The highest BCUT2D eigenvalue weighted by Gasteiger charge is 2.39. The van der Waals surface area contributed by atoms with E-state index in [2.05, 4.69) is 70.1 Å². The maximum atomic E-state index is 12.9. The van der Waals surface area contributed by atoms with E-state index >= 15 is 0 Å². The van der Waals surface area contributed by atoms with E-state index in [0.717, 1.165) is 36.6 Å². The van der Waals surface area contributed by atoms with Gasteiger partial charge in [0.1, 0.15) is 4.88 Å². The first-order valence-electron chi connectivity index (χ1n) is 13.0. The number of rotatable bonds is 11. The van der Waals surface area contributed by atoms with Gasteiger partial charge in [-0.25, -0.2) is 9.80 Å². The highest BCUT2D eigenvalue weighted by Crippen LogP contribution is 2.38. The van der Waals surface area contributed by atoms with Crippen molar-refractivity contribution >= 4 is 42.6 Å². The molecule has 1 amide bonds. The molecule has 0 spiro atoms. The number of hydrogen-bond donors (Lipinski definition) is 0. The molecule has 6 nitrogen and oxygen atoms in total. The lowest BCUT2D eigenvalue weighted by molar-refractivity contribution is 0.0161. The fourth-order valence-corrected chi connectivity index (χ4v) is 7.28. The van der Waals surface area contributed by atoms with Crippen LogP contribution in [0.5, 0.6) is 0 Å². The van der Waals surface area contributed by atoms with Gasteiger partial charge in [0.15, 0.2) is 8.32 Å². The maximum absolute atomic E-state index is 12.9. The van der Waals surface area contributed by atoms with Crippen molar-refractivity contribution in [1.82, 2.24) is 10.0 Å². The summed E-state index contributed by atoms with van der Waals surface area (Å²) in [5, 5.41) is 4.32. The maximum Gasteiger partial charge on any atom is 0.348 e. The molecular weight excluding hydrogens is 521 g/mol. The number of aryl methyl sites for hydroxylation is 1. The monoisotopic (exact) mass is 562 g/mol. The molecule has 0 aliphatic carbocycles. The standard InChI is InChI=1S/C28H42N2O4S2Si/c1-21-9-8-10-22(19-21)20-23(34-37(6,7)28(2,3)4)13-15-29-17-18-35-27(32)30(29)16-14-24-11-12-25(36-24)26(31)33-5/h8-12,19,23H,13-18,20H2,1-7H3/t23-/m1/s1. The first kappa shape index (κ1) is 29.9. The number of thioether (sulfide) groups is 1. The van der Waals surface area contributed by atoms with Crippen LogP contribution in [0.15, 0.2) is 36.4 Å². The molecular formula is C28H42N2O4S2Si. The minimum atomic E-state index is -1.96. The normalized spacial score (nSPS) is 16.2. The number of hydrogen-bond acceptors (Lipinski definition) is 7. The number of esters is 1. The Morgan fingerprint density at radius 3 is 2.59 bits per heavy atom. The minimum Gasteiger partial charge on any atom is -0.465 e. The van der Waals surface area contributed by atoms with E-state index in [-0.39, 0.29) is 22.4 Å². The van der Waals surface area contributed by atoms with Gasteiger partial charge in [0.05, 0.1) is 13.2 Å². The van der Waals surface area contributed by atoms with Crippen molar-refractivity contribution in [2.24, 2.45) is 0 Å². The third-order valence-corrected chi connectivity index (χ3v) is 13.8. The summed E-state index contributed by atoms with van der Waals surface area (Å²) in [6.07, 6.45) is 2.53. The third-order valence-electron chi connectivity index (χ3n) is 7.27. The molecule has 204 valence electrons. The number of thiophene rings is 1. The van der Waals surface area contributed by atoms with E-state index in [0.29, 0.717) is 17.8 Å². The van der Waals surface area contributed by atoms with Crippen LogP contribution in [-0.2, 0) is 22.0 Å². The summed E-state index contributed by atoms with van der Waals surface area (Å²) in [4.78, 5) is 26.3. The molecule has 0 bridgehead atoms. The van der Waals surface area contributed by atoms with Gasteiger partial charge in [-0.15, -0.1) is 11.3 Å². The highest BCUT2D eigenvalue weighted by molar-refractivity contribution is 8.13. The average molecular weight is 563 g/mol. The molecule has 37 heavy (non-hydrogen) atoms. The Kier molecular flexibility index (Phi) is 10.4. The summed E-state index contributed by atoms with van der Waals surface area (Å²) >= 11 is 2.81. The molecule has 0 saturated carbocycles. The van der Waals surface area contributed by atoms with Crippen LogP contribution in [0, 0.1) is 6.92 Å². The number of carbonyl (C=O) groups is 2. The molecule has 3 rings (SSSR count). The van der Waals surface area contributed by atoms with Gasteiger partial charge in [-0.05, 0) is 55.6 Å². The first-order valence-corrected chi connectivity index (χ1v) is 17.7. The SMILES string of the molecule is COC(=O)c1ccc(CCN2C(=O)SCCN2CC[C@H](Cc2cccc(C)c2)O[Si](C)(C)C(C)(C)C)s1. The number of nitrogens with zero attached hydrogens (tertiary/aromatic N) is 2. The zero-order valence-electron chi connectivity index (χ0n) is 23.3. The van der Waals surface area contributed by atoms with Gasteiger partial charge < -0.3 is 9.16 Å². The van der Waals surface area contributed by atoms with Gasteiger partial charge in [-0.2, -0.15) is 0 Å². The summed E-state index contributed by atoms with van der Waals surface area (Å²) in [7, 11) is -0.569. The summed E-state index contributed by atoms with van der Waals surface area (Å²) in [5.74, 6) is 0.482. The largest absolute Gasteiger partial charge is 0.465 e. The Labute approximate surface area is 231 Å². The second kappa shape index (κ2) is 12.9. The van der Waals surface area contributed by atoms with Gasteiger partial charge in [-0.3, -0.25) is 9.80 Å². The number of amides is 1. The number of benzene rings is 1. The number of methoxy groups -OCH3 is 1. The van der Waals surface area contributed by atoms with Gasteiger partial charge >= 0.3 is 5.97 Å². The number of carbonyl (C=O) groups excluding carboxylic acids is 2. The van der Waals surface area contributed by atoms with Crippen molar-refractivity contribution in [2.75, 3.05) is 32.5 Å². The molecule has 1 aromatic carbocycles. The molecule has 0 unspecified atom stereocenters. The molecule has 2 aromatic rings. The molecule has 1 aliphatic rings. The first-order chi connectivity index (χ1) is 17.4. The molecule has 1 saturated heterocycles. The lowest BCUT2D eigenvalue weighted by atomic mass is 10.0. The second-order valence-corrected chi connectivity index (χ2v) is 18.2. The summed E-state index contributed by atoms with van der Waals surface area (Å²) < 4.78 is 11.7. The Morgan fingerprint density at radius 2 is 1.92 bits per heavy atom. The van der Waals surface area contributed by atoms with Crippen LogP contribution in [-0.4, -0.2) is 68.1 Å². The predicted octanol–water partition coefficient (Wildman–Crippen LogP) is 6.79. The fourth-order valence-electron chi connectivity index (χ4n) is 4.14. The van der Waals surface area contributed by atoms with E-state index in [4.69, 9.17) is 9.16 Å². The molecule has 1 atom stereocenters. The quantitative estimate of drug-likeness (QED) is 0.222. The van der Waals surface area contributed by atoms with E-state index in [1.807, 2.05) is 11.1 Å². The van der Waals surface area contributed by atoms with Crippen LogP contribution in [0.25, 0.3) is 0 Å². The Bertz CT molecular complexity index is 1070. The Morgan fingerprint density at radius 1 is 1.16 bits per heavy atom. The number of ether oxygens (including phenoxy) is 1. The summed E-state index contributed by atoms with van der Waals surface area (Å²) in [5.41, 5.74) is 2.56. The van der Waals surface area contributed by atoms with Crippen molar-refractivity contribution in [3.63, 3.8) is 0 Å². The van der Waals surface area contributed by atoms with Crippen LogP contribution in [0.2, 0.25) is 18.1 Å².